The lowest BCUT2D eigenvalue weighted by atomic mass is 9.47. The predicted molar refractivity (Wildman–Crippen MR) is 92.8 cm³/mol. The van der Waals surface area contributed by atoms with Gasteiger partial charge in [0.2, 0.25) is 0 Å². The molecule has 4 rings (SSSR count). The number of aliphatic hydroxyl groups is 3. The Morgan fingerprint density at radius 1 is 1.21 bits per heavy atom. The van der Waals surface area contributed by atoms with Crippen LogP contribution in [0.5, 0.6) is 0 Å². The van der Waals surface area contributed by atoms with E-state index in [0.717, 1.165) is 25.7 Å². The summed E-state index contributed by atoms with van der Waals surface area (Å²) in [5, 5.41) is 32.1. The Labute approximate surface area is 145 Å². The molecule has 0 bridgehead atoms. The molecule has 0 aromatic heterocycles. The first-order valence-corrected chi connectivity index (χ1v) is 9.57. The van der Waals surface area contributed by atoms with Crippen molar-refractivity contribution < 1.29 is 15.3 Å². The van der Waals surface area contributed by atoms with Crippen LogP contribution in [-0.2, 0) is 0 Å². The Hall–Kier alpha value is -0.820. The first-order valence-electron chi connectivity index (χ1n) is 9.57. The van der Waals surface area contributed by atoms with Crippen molar-refractivity contribution in [3.05, 3.63) is 11.6 Å². The van der Waals surface area contributed by atoms with Crippen molar-refractivity contribution in [2.75, 3.05) is 0 Å². The van der Waals surface area contributed by atoms with Crippen LogP contribution in [0.2, 0.25) is 0 Å². The van der Waals surface area contributed by atoms with Gasteiger partial charge in [-0.05, 0) is 68.1 Å². The van der Waals surface area contributed by atoms with Crippen molar-refractivity contribution in [3.8, 4) is 12.3 Å². The van der Waals surface area contributed by atoms with Gasteiger partial charge in [0.25, 0.3) is 0 Å². The Bertz CT molecular complexity index is 605. The van der Waals surface area contributed by atoms with Gasteiger partial charge < -0.3 is 15.3 Å². The average molecular weight is 330 g/mol. The van der Waals surface area contributed by atoms with E-state index in [1.807, 2.05) is 6.08 Å². The molecule has 24 heavy (non-hydrogen) atoms. The highest BCUT2D eigenvalue weighted by Gasteiger charge is 2.65. The van der Waals surface area contributed by atoms with E-state index in [1.54, 1.807) is 0 Å². The van der Waals surface area contributed by atoms with Crippen molar-refractivity contribution >= 4 is 0 Å². The van der Waals surface area contributed by atoms with E-state index < -0.39 is 11.7 Å². The molecule has 1 unspecified atom stereocenters. The monoisotopic (exact) mass is 330 g/mol. The van der Waals surface area contributed by atoms with E-state index >= 15 is 0 Å². The molecule has 3 fully saturated rings. The van der Waals surface area contributed by atoms with E-state index in [0.29, 0.717) is 36.5 Å². The van der Waals surface area contributed by atoms with Gasteiger partial charge >= 0.3 is 0 Å². The highest BCUT2D eigenvalue weighted by atomic mass is 16.3. The van der Waals surface area contributed by atoms with Crippen molar-refractivity contribution in [1.82, 2.24) is 0 Å². The Balaban J connectivity index is 1.74. The van der Waals surface area contributed by atoms with Crippen LogP contribution in [-0.4, -0.2) is 33.1 Å². The molecule has 3 saturated carbocycles. The summed E-state index contributed by atoms with van der Waals surface area (Å²) in [5.74, 6) is 4.59. The third-order valence-electron chi connectivity index (χ3n) is 8.14. The molecule has 0 amide bonds. The maximum absolute atomic E-state index is 11.1. The normalized spacial score (nSPS) is 56.5. The van der Waals surface area contributed by atoms with E-state index in [4.69, 9.17) is 6.42 Å². The quantitative estimate of drug-likeness (QED) is 0.472. The minimum atomic E-state index is -1.08. The lowest BCUT2D eigenvalue weighted by molar-refractivity contribution is -0.150. The number of aliphatic hydroxyl groups excluding tert-OH is 2. The number of allylic oxidation sites excluding steroid dienone is 1. The number of terminal acetylenes is 1. The maximum atomic E-state index is 11.1. The first kappa shape index (κ1) is 16.6. The minimum absolute atomic E-state index is 0.255. The van der Waals surface area contributed by atoms with Crippen LogP contribution in [0.4, 0.5) is 0 Å². The smallest absolute Gasteiger partial charge is 0.130 e. The van der Waals surface area contributed by atoms with E-state index in [1.165, 1.54) is 5.57 Å². The molecule has 0 aromatic rings. The van der Waals surface area contributed by atoms with Gasteiger partial charge in [-0.15, -0.1) is 6.42 Å². The second kappa shape index (κ2) is 5.34. The second-order valence-corrected chi connectivity index (χ2v) is 9.17. The first-order chi connectivity index (χ1) is 11.3. The van der Waals surface area contributed by atoms with Gasteiger partial charge in [-0.2, -0.15) is 0 Å². The number of fused-ring (bicyclic) bond motifs is 5. The summed E-state index contributed by atoms with van der Waals surface area (Å²) >= 11 is 0. The molecule has 0 radical (unpaired) electrons. The lowest BCUT2D eigenvalue weighted by Crippen LogP contribution is -2.58. The summed E-state index contributed by atoms with van der Waals surface area (Å²) in [5.41, 5.74) is -0.107. The summed E-state index contributed by atoms with van der Waals surface area (Å²) in [7, 11) is 0. The van der Waals surface area contributed by atoms with Crippen molar-refractivity contribution in [1.29, 1.82) is 0 Å². The summed E-state index contributed by atoms with van der Waals surface area (Å²) in [4.78, 5) is 0. The molecule has 4 aliphatic carbocycles. The zero-order chi connectivity index (χ0) is 17.3. The van der Waals surface area contributed by atoms with Gasteiger partial charge in [0.05, 0.1) is 12.2 Å². The van der Waals surface area contributed by atoms with Crippen molar-refractivity contribution in [2.45, 2.75) is 70.2 Å². The van der Waals surface area contributed by atoms with Gasteiger partial charge in [-0.25, -0.2) is 0 Å². The molecular weight excluding hydrogens is 300 g/mol. The van der Waals surface area contributed by atoms with Crippen LogP contribution in [0, 0.1) is 47.3 Å². The molecule has 3 heteroatoms. The standard InChI is InChI=1S/C21H30O3/c1-4-21(24)8-7-16-18-12(2)9-13-10-14(22)5-6-15(13)19(18)17(23)11-20(16,21)3/h1,10,12,14-19,22-24H,5-9,11H2,2-3H3/t12-,14-,15?,16+,17-,18+,19+,20+,21+/m1/s1. The van der Waals surface area contributed by atoms with Crippen molar-refractivity contribution in [3.63, 3.8) is 0 Å². The zero-order valence-corrected chi connectivity index (χ0v) is 14.8. The second-order valence-electron chi connectivity index (χ2n) is 9.17. The fraction of sp³-hybridized carbons (Fsp3) is 0.810. The maximum Gasteiger partial charge on any atom is 0.130 e. The Morgan fingerprint density at radius 3 is 2.67 bits per heavy atom. The van der Waals surface area contributed by atoms with Gasteiger partial charge in [-0.1, -0.05) is 31.4 Å². The molecule has 3 N–H and O–H groups in total. The Kier molecular flexibility index (Phi) is 3.70. The summed E-state index contributed by atoms with van der Waals surface area (Å²) < 4.78 is 0. The molecular formula is C21H30O3. The topological polar surface area (TPSA) is 60.7 Å². The van der Waals surface area contributed by atoms with E-state index in [-0.39, 0.29) is 17.4 Å². The van der Waals surface area contributed by atoms with Gasteiger partial charge in [0.15, 0.2) is 0 Å². The summed E-state index contributed by atoms with van der Waals surface area (Å²) in [6.07, 6.45) is 12.0. The van der Waals surface area contributed by atoms with Crippen LogP contribution >= 0.6 is 0 Å². The lowest BCUT2D eigenvalue weighted by Gasteiger charge is -2.58. The number of rotatable bonds is 0. The molecule has 4 aliphatic rings. The largest absolute Gasteiger partial charge is 0.393 e. The third-order valence-corrected chi connectivity index (χ3v) is 8.14. The molecule has 3 nitrogen and oxygen atoms in total. The molecule has 0 spiro atoms. The van der Waals surface area contributed by atoms with Crippen LogP contribution in [0.1, 0.15) is 52.4 Å². The summed E-state index contributed by atoms with van der Waals surface area (Å²) in [6, 6.07) is 0. The molecule has 0 aromatic carbocycles. The van der Waals surface area contributed by atoms with Crippen LogP contribution in [0.15, 0.2) is 11.6 Å². The van der Waals surface area contributed by atoms with E-state index in [2.05, 4.69) is 19.8 Å². The van der Waals surface area contributed by atoms with Crippen molar-refractivity contribution in [2.24, 2.45) is 35.0 Å². The van der Waals surface area contributed by atoms with Crippen LogP contribution < -0.4 is 0 Å². The highest BCUT2D eigenvalue weighted by Crippen LogP contribution is 2.65. The molecule has 132 valence electrons. The van der Waals surface area contributed by atoms with Gasteiger partial charge in [-0.3, -0.25) is 0 Å². The van der Waals surface area contributed by atoms with Gasteiger partial charge in [0.1, 0.15) is 5.60 Å². The minimum Gasteiger partial charge on any atom is -0.393 e. The number of hydrogen-bond acceptors (Lipinski definition) is 3. The third kappa shape index (κ3) is 2.03. The van der Waals surface area contributed by atoms with E-state index in [9.17, 15) is 15.3 Å². The fourth-order valence-corrected chi connectivity index (χ4v) is 7.01. The molecule has 9 atom stereocenters. The fourth-order valence-electron chi connectivity index (χ4n) is 7.01. The SMILES string of the molecule is C#C[C@]1(O)CC[C@H]2[C@H]3[C@@H](C4CC[C@@H](O)C=C4C[C@H]3C)[C@H](O)C[C@@]21C. The molecule has 0 saturated heterocycles. The molecule has 0 aliphatic heterocycles. The zero-order valence-electron chi connectivity index (χ0n) is 14.8. The van der Waals surface area contributed by atoms with Crippen LogP contribution in [0.3, 0.4) is 0 Å². The Morgan fingerprint density at radius 2 is 1.96 bits per heavy atom. The predicted octanol–water partition coefficient (Wildman–Crippen LogP) is 2.50. The average Bonchev–Trinajstić information content (AvgIpc) is 2.79. The van der Waals surface area contributed by atoms with Crippen LogP contribution in [0.25, 0.3) is 0 Å². The van der Waals surface area contributed by atoms with Gasteiger partial charge in [0, 0.05) is 5.41 Å². The highest BCUT2D eigenvalue weighted by molar-refractivity contribution is 5.27. The molecule has 0 heterocycles. The summed E-state index contributed by atoms with van der Waals surface area (Å²) in [6.45, 7) is 4.38. The number of hydrogen-bond donors (Lipinski definition) is 3.